The molecule has 3 aromatic rings. The van der Waals surface area contributed by atoms with Gasteiger partial charge in [-0.05, 0) is 30.7 Å². The Bertz CT molecular complexity index is 1370. The topological polar surface area (TPSA) is 121 Å². The van der Waals surface area contributed by atoms with E-state index in [1.807, 2.05) is 0 Å². The third kappa shape index (κ3) is 2.05. The van der Waals surface area contributed by atoms with Crippen LogP contribution in [0.3, 0.4) is 0 Å². The molecule has 1 aromatic carbocycles. The van der Waals surface area contributed by atoms with Gasteiger partial charge in [0.2, 0.25) is 15.9 Å². The molecule has 0 aliphatic carbocycles. The van der Waals surface area contributed by atoms with Crippen molar-refractivity contribution < 1.29 is 13.5 Å². The van der Waals surface area contributed by atoms with Gasteiger partial charge in [0.1, 0.15) is 11.8 Å². The molecule has 0 amide bonds. The average molecular weight is 397 g/mol. The fourth-order valence-corrected chi connectivity index (χ4v) is 5.52. The van der Waals surface area contributed by atoms with Crippen LogP contribution >= 0.6 is 0 Å². The van der Waals surface area contributed by atoms with Crippen LogP contribution in [0.2, 0.25) is 0 Å². The Morgan fingerprint density at radius 1 is 1.32 bits per heavy atom. The first-order chi connectivity index (χ1) is 13.3. The predicted molar refractivity (Wildman–Crippen MR) is 99.7 cm³/mol. The van der Waals surface area contributed by atoms with Gasteiger partial charge in [-0.3, -0.25) is 9.55 Å². The van der Waals surface area contributed by atoms with Crippen LogP contribution in [0.5, 0.6) is 5.88 Å². The Kier molecular flexibility index (Phi) is 3.29. The highest BCUT2D eigenvalue weighted by Gasteiger charge is 2.50. The highest BCUT2D eigenvalue weighted by molar-refractivity contribution is 7.88. The smallest absolute Gasteiger partial charge is 0.336 e. The lowest BCUT2D eigenvalue weighted by atomic mass is 10.1. The molecule has 2 atom stereocenters. The van der Waals surface area contributed by atoms with Crippen LogP contribution in [0.15, 0.2) is 35.3 Å². The lowest BCUT2D eigenvalue weighted by Gasteiger charge is -2.25. The van der Waals surface area contributed by atoms with Crippen molar-refractivity contribution in [1.29, 1.82) is 5.26 Å². The van der Waals surface area contributed by atoms with E-state index in [1.165, 1.54) is 13.4 Å². The lowest BCUT2D eigenvalue weighted by molar-refractivity contribution is 0.344. The van der Waals surface area contributed by atoms with Crippen molar-refractivity contribution in [2.45, 2.75) is 18.5 Å². The third-order valence-corrected chi connectivity index (χ3v) is 6.80. The van der Waals surface area contributed by atoms with E-state index in [1.54, 1.807) is 30.5 Å². The van der Waals surface area contributed by atoms with E-state index in [2.05, 4.69) is 11.1 Å². The molecular formula is C18H15N5O4S. The standard InChI is InChI=1S/C18H15N5O4S/c1-28(26,27)21-9-11-7-14(21)16-17(24)23(18(25)22(11)16)13-5-4-10(8-19)15-12(13)3-2-6-20-15/h2-6,11,14,24H,7,9H2,1H3. The number of hydrogen-bond donors (Lipinski definition) is 1. The van der Waals surface area contributed by atoms with Gasteiger partial charge in [-0.15, -0.1) is 0 Å². The maximum Gasteiger partial charge on any atom is 0.336 e. The van der Waals surface area contributed by atoms with E-state index < -0.39 is 21.8 Å². The largest absolute Gasteiger partial charge is 0.493 e. The average Bonchev–Trinajstić information content (AvgIpc) is 3.33. The van der Waals surface area contributed by atoms with Crippen LogP contribution in [0.25, 0.3) is 16.6 Å². The zero-order valence-corrected chi connectivity index (χ0v) is 15.6. The number of hydrogen-bond acceptors (Lipinski definition) is 6. The predicted octanol–water partition coefficient (Wildman–Crippen LogP) is 1.03. The summed E-state index contributed by atoms with van der Waals surface area (Å²) in [5.74, 6) is -0.277. The molecule has 4 heterocycles. The summed E-state index contributed by atoms with van der Waals surface area (Å²) in [6.07, 6.45) is 3.16. The first kappa shape index (κ1) is 17.0. The van der Waals surface area contributed by atoms with Gasteiger partial charge in [0, 0.05) is 18.1 Å². The molecule has 2 aliphatic rings. The fourth-order valence-electron chi connectivity index (χ4n) is 4.43. The van der Waals surface area contributed by atoms with Gasteiger partial charge in [-0.2, -0.15) is 9.57 Å². The maximum atomic E-state index is 13.1. The third-order valence-electron chi connectivity index (χ3n) is 5.55. The number of nitrogens with zero attached hydrogens (tertiary/aromatic N) is 5. The minimum Gasteiger partial charge on any atom is -0.493 e. The minimum atomic E-state index is -3.45. The van der Waals surface area contributed by atoms with Crippen molar-refractivity contribution in [1.82, 2.24) is 18.4 Å². The number of aromatic hydroxyl groups is 1. The number of aromatic nitrogens is 3. The molecule has 10 heteroatoms. The maximum absolute atomic E-state index is 13.1. The number of fused-ring (bicyclic) bond motifs is 6. The molecule has 2 unspecified atom stereocenters. The zero-order valence-electron chi connectivity index (χ0n) is 14.8. The van der Waals surface area contributed by atoms with Crippen LogP contribution in [0, 0.1) is 11.3 Å². The second-order valence-electron chi connectivity index (χ2n) is 7.08. The van der Waals surface area contributed by atoms with Gasteiger partial charge in [0.25, 0.3) is 0 Å². The van der Waals surface area contributed by atoms with Gasteiger partial charge in [-0.25, -0.2) is 17.8 Å². The zero-order chi connectivity index (χ0) is 19.8. The van der Waals surface area contributed by atoms with Gasteiger partial charge < -0.3 is 5.11 Å². The second-order valence-corrected chi connectivity index (χ2v) is 9.01. The molecule has 0 radical (unpaired) electrons. The van der Waals surface area contributed by atoms with Crippen LogP contribution in [-0.2, 0) is 10.0 Å². The van der Waals surface area contributed by atoms with Crippen molar-refractivity contribution in [2.75, 3.05) is 12.8 Å². The number of pyridine rings is 1. The normalized spacial score (nSPS) is 21.1. The highest BCUT2D eigenvalue weighted by atomic mass is 32.2. The van der Waals surface area contributed by atoms with E-state index in [0.29, 0.717) is 34.3 Å². The van der Waals surface area contributed by atoms with E-state index in [4.69, 9.17) is 0 Å². The van der Waals surface area contributed by atoms with Crippen LogP contribution in [0.1, 0.15) is 29.8 Å². The van der Waals surface area contributed by atoms with Crippen molar-refractivity contribution >= 4 is 20.9 Å². The molecule has 2 aromatic heterocycles. The van der Waals surface area contributed by atoms with E-state index in [9.17, 15) is 23.6 Å². The molecule has 9 nitrogen and oxygen atoms in total. The summed E-state index contributed by atoms with van der Waals surface area (Å²) in [7, 11) is -3.45. The molecular weight excluding hydrogens is 382 g/mol. The van der Waals surface area contributed by atoms with Crippen molar-refractivity contribution in [2.24, 2.45) is 0 Å². The van der Waals surface area contributed by atoms with Gasteiger partial charge in [-0.1, -0.05) is 0 Å². The molecule has 1 N–H and O–H groups in total. The summed E-state index contributed by atoms with van der Waals surface area (Å²) < 4.78 is 28.1. The molecule has 2 aliphatic heterocycles. The summed E-state index contributed by atoms with van der Waals surface area (Å²) in [6, 6.07) is 7.77. The Labute approximate surface area is 159 Å². The van der Waals surface area contributed by atoms with Crippen LogP contribution < -0.4 is 5.69 Å². The number of benzene rings is 1. The SMILES string of the molecule is CS(=O)(=O)N1CC2CC1c1c(O)n(-c3ccc(C#N)c4ncccc34)c(=O)n12. The summed E-state index contributed by atoms with van der Waals surface area (Å²) >= 11 is 0. The van der Waals surface area contributed by atoms with Crippen LogP contribution in [-0.4, -0.2) is 44.7 Å². The Morgan fingerprint density at radius 2 is 2.11 bits per heavy atom. The summed E-state index contributed by atoms with van der Waals surface area (Å²) in [5.41, 5.74) is 1.08. The lowest BCUT2D eigenvalue weighted by Crippen LogP contribution is -2.37. The first-order valence-electron chi connectivity index (χ1n) is 8.64. The quantitative estimate of drug-likeness (QED) is 0.689. The molecule has 1 saturated heterocycles. The van der Waals surface area contributed by atoms with Crippen LogP contribution in [0.4, 0.5) is 0 Å². The van der Waals surface area contributed by atoms with E-state index in [0.717, 1.165) is 6.26 Å². The van der Waals surface area contributed by atoms with E-state index in [-0.39, 0.29) is 18.5 Å². The highest BCUT2D eigenvalue weighted by Crippen LogP contribution is 2.49. The molecule has 0 saturated carbocycles. The molecule has 142 valence electrons. The van der Waals surface area contributed by atoms with Gasteiger partial charge >= 0.3 is 5.69 Å². The number of nitriles is 1. The van der Waals surface area contributed by atoms with Crippen molar-refractivity contribution in [3.8, 4) is 17.6 Å². The Hall–Kier alpha value is -3.16. The number of rotatable bonds is 2. The second kappa shape index (κ2) is 5.43. The monoisotopic (exact) mass is 397 g/mol. The molecule has 28 heavy (non-hydrogen) atoms. The molecule has 5 rings (SSSR count). The fraction of sp³-hybridized carbons (Fsp3) is 0.278. The van der Waals surface area contributed by atoms with Crippen molar-refractivity contribution in [3.05, 3.63) is 52.2 Å². The Morgan fingerprint density at radius 3 is 2.82 bits per heavy atom. The Balaban J connectivity index is 1.78. The minimum absolute atomic E-state index is 0.218. The first-order valence-corrected chi connectivity index (χ1v) is 10.5. The molecule has 0 spiro atoms. The number of imidazole rings is 1. The van der Waals surface area contributed by atoms with Gasteiger partial charge in [0.15, 0.2) is 0 Å². The molecule has 1 fully saturated rings. The summed E-state index contributed by atoms with van der Waals surface area (Å²) in [5, 5.41) is 20.8. The van der Waals surface area contributed by atoms with E-state index >= 15 is 0 Å². The number of sulfonamides is 1. The van der Waals surface area contributed by atoms with Crippen molar-refractivity contribution in [3.63, 3.8) is 0 Å². The summed E-state index contributed by atoms with van der Waals surface area (Å²) in [6.45, 7) is 0.218. The molecule has 2 bridgehead atoms. The van der Waals surface area contributed by atoms with Gasteiger partial charge in [0.05, 0.1) is 35.1 Å². The summed E-state index contributed by atoms with van der Waals surface area (Å²) in [4.78, 5) is 17.4.